The van der Waals surface area contributed by atoms with Crippen molar-refractivity contribution in [2.75, 3.05) is 44.3 Å². The molecule has 0 saturated carbocycles. The fraction of sp³-hybridized carbons (Fsp3) is 0.538. The first-order valence-electron chi connectivity index (χ1n) is 6.43. The number of nitrogen functional groups attached to an aromatic ring is 2. The lowest BCUT2D eigenvalue weighted by Crippen LogP contribution is -2.37. The summed E-state index contributed by atoms with van der Waals surface area (Å²) in [4.78, 5) is 2.06. The van der Waals surface area contributed by atoms with Gasteiger partial charge in [-0.25, -0.2) is 0 Å². The Morgan fingerprint density at radius 3 is 2.30 bits per heavy atom. The van der Waals surface area contributed by atoms with Gasteiger partial charge >= 0.3 is 6.18 Å². The van der Waals surface area contributed by atoms with Crippen molar-refractivity contribution in [2.45, 2.75) is 12.6 Å². The van der Waals surface area contributed by atoms with Crippen LogP contribution >= 0.6 is 0 Å². The minimum atomic E-state index is -4.49. The number of nitrogens with two attached hydrogens (primary N) is 2. The molecule has 7 heteroatoms. The summed E-state index contributed by atoms with van der Waals surface area (Å²) >= 11 is 0. The van der Waals surface area contributed by atoms with Gasteiger partial charge in [-0.15, -0.1) is 0 Å². The van der Waals surface area contributed by atoms with E-state index in [0.29, 0.717) is 19.8 Å². The number of hydrogen-bond donors (Lipinski definition) is 2. The van der Waals surface area contributed by atoms with Crippen LogP contribution in [-0.4, -0.2) is 37.7 Å². The van der Waals surface area contributed by atoms with Gasteiger partial charge in [0.1, 0.15) is 0 Å². The fourth-order valence-corrected chi connectivity index (χ4v) is 2.38. The number of halogens is 3. The zero-order valence-electron chi connectivity index (χ0n) is 11.0. The normalized spacial score (nSPS) is 17.4. The maximum Gasteiger partial charge on any atom is 0.418 e. The number of hydrogen-bond acceptors (Lipinski definition) is 4. The Morgan fingerprint density at radius 1 is 1.10 bits per heavy atom. The molecule has 1 aliphatic heterocycles. The number of benzene rings is 1. The van der Waals surface area contributed by atoms with Gasteiger partial charge in [-0.2, -0.15) is 13.2 Å². The maximum atomic E-state index is 13.1. The first kappa shape index (κ1) is 14.9. The molecule has 4 nitrogen and oxygen atoms in total. The van der Waals surface area contributed by atoms with E-state index in [-0.39, 0.29) is 23.4 Å². The van der Waals surface area contributed by atoms with E-state index >= 15 is 0 Å². The minimum Gasteiger partial charge on any atom is -0.398 e. The van der Waals surface area contributed by atoms with Crippen LogP contribution in [0.4, 0.5) is 24.5 Å². The number of morpholine rings is 1. The molecular formula is C13H18F3N3O. The molecule has 0 atom stereocenters. The van der Waals surface area contributed by atoms with E-state index in [9.17, 15) is 13.2 Å². The number of alkyl halides is 3. The second-order valence-electron chi connectivity index (χ2n) is 4.80. The van der Waals surface area contributed by atoms with Crippen LogP contribution in [0.15, 0.2) is 12.1 Å². The summed E-state index contributed by atoms with van der Waals surface area (Å²) in [6.07, 6.45) is -4.26. The number of nitrogens with zero attached hydrogens (tertiary/aromatic N) is 1. The van der Waals surface area contributed by atoms with E-state index in [1.165, 1.54) is 12.1 Å². The fourth-order valence-electron chi connectivity index (χ4n) is 2.38. The molecule has 1 aromatic carbocycles. The van der Waals surface area contributed by atoms with Crippen molar-refractivity contribution < 1.29 is 17.9 Å². The van der Waals surface area contributed by atoms with E-state index in [1.807, 2.05) is 0 Å². The summed E-state index contributed by atoms with van der Waals surface area (Å²) in [5, 5.41) is 0. The molecule has 1 fully saturated rings. The van der Waals surface area contributed by atoms with Gasteiger partial charge in [0.25, 0.3) is 0 Å². The molecule has 1 aromatic rings. The topological polar surface area (TPSA) is 64.5 Å². The second kappa shape index (κ2) is 5.88. The molecule has 0 spiro atoms. The first-order valence-corrected chi connectivity index (χ1v) is 6.43. The molecule has 0 amide bonds. The molecule has 0 unspecified atom stereocenters. The molecule has 1 saturated heterocycles. The van der Waals surface area contributed by atoms with Crippen LogP contribution in [0.5, 0.6) is 0 Å². The van der Waals surface area contributed by atoms with E-state index in [0.717, 1.165) is 13.1 Å². The average molecular weight is 289 g/mol. The summed E-state index contributed by atoms with van der Waals surface area (Å²) in [6, 6.07) is 2.63. The third kappa shape index (κ3) is 3.34. The average Bonchev–Trinajstić information content (AvgIpc) is 2.39. The van der Waals surface area contributed by atoms with E-state index in [1.54, 1.807) is 0 Å². The number of ether oxygens (including phenoxy) is 1. The van der Waals surface area contributed by atoms with Crippen molar-refractivity contribution in [3.8, 4) is 0 Å². The quantitative estimate of drug-likeness (QED) is 0.832. The third-order valence-corrected chi connectivity index (χ3v) is 3.45. The highest BCUT2D eigenvalue weighted by molar-refractivity contribution is 5.63. The molecular weight excluding hydrogens is 271 g/mol. The van der Waals surface area contributed by atoms with Crippen molar-refractivity contribution in [1.82, 2.24) is 4.90 Å². The summed E-state index contributed by atoms with van der Waals surface area (Å²) in [5.74, 6) is 0. The van der Waals surface area contributed by atoms with Crippen LogP contribution in [0, 0.1) is 0 Å². The molecule has 1 aliphatic rings. The predicted octanol–water partition coefficient (Wildman–Crippen LogP) is 1.74. The summed E-state index contributed by atoms with van der Waals surface area (Å²) < 4.78 is 44.5. The summed E-state index contributed by atoms with van der Waals surface area (Å²) in [7, 11) is 0. The Balaban J connectivity index is 2.19. The van der Waals surface area contributed by atoms with Crippen LogP contribution < -0.4 is 11.5 Å². The molecule has 0 aromatic heterocycles. The minimum absolute atomic E-state index is 0.0870. The first-order chi connectivity index (χ1) is 9.39. The van der Waals surface area contributed by atoms with Crippen LogP contribution in [0.25, 0.3) is 0 Å². The molecule has 20 heavy (non-hydrogen) atoms. The molecule has 112 valence electrons. The van der Waals surface area contributed by atoms with Gasteiger partial charge in [0.2, 0.25) is 0 Å². The van der Waals surface area contributed by atoms with E-state index in [4.69, 9.17) is 16.2 Å². The van der Waals surface area contributed by atoms with Gasteiger partial charge in [0.15, 0.2) is 0 Å². The molecule has 2 rings (SSSR count). The van der Waals surface area contributed by atoms with Crippen LogP contribution in [0.1, 0.15) is 11.1 Å². The Morgan fingerprint density at radius 2 is 1.70 bits per heavy atom. The highest BCUT2D eigenvalue weighted by atomic mass is 19.4. The van der Waals surface area contributed by atoms with Crippen molar-refractivity contribution in [2.24, 2.45) is 0 Å². The molecule has 0 aliphatic carbocycles. The standard InChI is InChI=1S/C13H18F3N3O/c14-13(15,16)12-9(10(17)1-2-11(12)18)3-4-19-5-7-20-8-6-19/h1-2H,3-8,17-18H2. The highest BCUT2D eigenvalue weighted by Gasteiger charge is 2.36. The zero-order chi connectivity index (χ0) is 14.8. The molecule has 0 bridgehead atoms. The van der Waals surface area contributed by atoms with Gasteiger partial charge in [-0.1, -0.05) is 0 Å². The Kier molecular flexibility index (Phi) is 4.39. The summed E-state index contributed by atoms with van der Waals surface area (Å²) in [6.45, 7) is 3.18. The number of rotatable bonds is 3. The highest BCUT2D eigenvalue weighted by Crippen LogP contribution is 2.38. The SMILES string of the molecule is Nc1ccc(N)c(C(F)(F)F)c1CCN1CCOCC1. The summed E-state index contributed by atoms with van der Waals surface area (Å²) in [5.41, 5.74) is 10.3. The van der Waals surface area contributed by atoms with Crippen molar-refractivity contribution in [1.29, 1.82) is 0 Å². The lowest BCUT2D eigenvalue weighted by molar-refractivity contribution is -0.137. The second-order valence-corrected chi connectivity index (χ2v) is 4.80. The Bertz CT molecular complexity index is 471. The monoisotopic (exact) mass is 289 g/mol. The Labute approximate surface area is 115 Å². The molecule has 4 N–H and O–H groups in total. The molecule has 1 heterocycles. The Hall–Kier alpha value is -1.47. The van der Waals surface area contributed by atoms with Crippen molar-refractivity contribution in [3.05, 3.63) is 23.3 Å². The van der Waals surface area contributed by atoms with Crippen LogP contribution in [0.2, 0.25) is 0 Å². The lowest BCUT2D eigenvalue weighted by Gasteiger charge is -2.27. The van der Waals surface area contributed by atoms with Gasteiger partial charge in [0, 0.05) is 31.0 Å². The van der Waals surface area contributed by atoms with E-state index < -0.39 is 11.7 Å². The van der Waals surface area contributed by atoms with Gasteiger partial charge < -0.3 is 16.2 Å². The third-order valence-electron chi connectivity index (χ3n) is 3.45. The molecule has 0 radical (unpaired) electrons. The van der Waals surface area contributed by atoms with Gasteiger partial charge in [0.05, 0.1) is 18.8 Å². The largest absolute Gasteiger partial charge is 0.418 e. The number of anilines is 2. The lowest BCUT2D eigenvalue weighted by atomic mass is 9.99. The van der Waals surface area contributed by atoms with Gasteiger partial charge in [-0.3, -0.25) is 4.90 Å². The van der Waals surface area contributed by atoms with Crippen LogP contribution in [0.3, 0.4) is 0 Å². The van der Waals surface area contributed by atoms with Crippen molar-refractivity contribution in [3.63, 3.8) is 0 Å². The zero-order valence-corrected chi connectivity index (χ0v) is 11.0. The van der Waals surface area contributed by atoms with E-state index in [2.05, 4.69) is 4.90 Å². The smallest absolute Gasteiger partial charge is 0.398 e. The predicted molar refractivity (Wildman–Crippen MR) is 71.2 cm³/mol. The van der Waals surface area contributed by atoms with Crippen LogP contribution in [-0.2, 0) is 17.3 Å². The van der Waals surface area contributed by atoms with Crippen molar-refractivity contribution >= 4 is 11.4 Å². The van der Waals surface area contributed by atoms with Gasteiger partial charge in [-0.05, 0) is 24.1 Å². The maximum absolute atomic E-state index is 13.1.